The number of hydrogen-bond donors (Lipinski definition) is 0. The third-order valence-corrected chi connectivity index (χ3v) is 2.08. The minimum atomic E-state index is -0.213. The topological polar surface area (TPSA) is 36.9 Å². The van der Waals surface area contributed by atoms with Crippen LogP contribution in [0.15, 0.2) is 0 Å². The molecule has 0 aliphatic carbocycles. The first-order valence-electron chi connectivity index (χ1n) is 5.80. The molecular weight excluding hydrogens is 208 g/mol. The average molecular weight is 234 g/mol. The highest BCUT2D eigenvalue weighted by atomic mass is 16.7. The number of ether oxygens (including phenoxy) is 4. The molecule has 0 rings (SSSR count). The molecule has 0 saturated heterocycles. The Hall–Kier alpha value is -0.160. The largest absolute Gasteiger partial charge is 0.382 e. The van der Waals surface area contributed by atoms with Crippen molar-refractivity contribution in [2.24, 2.45) is 5.92 Å². The smallest absolute Gasteiger partial charge is 0.160 e. The average Bonchev–Trinajstić information content (AvgIpc) is 2.17. The molecule has 0 spiro atoms. The Morgan fingerprint density at radius 2 is 1.12 bits per heavy atom. The van der Waals surface area contributed by atoms with Gasteiger partial charge >= 0.3 is 0 Å². The summed E-state index contributed by atoms with van der Waals surface area (Å²) < 4.78 is 21.6. The molecule has 0 aliphatic rings. The van der Waals surface area contributed by atoms with Gasteiger partial charge < -0.3 is 18.9 Å². The van der Waals surface area contributed by atoms with Gasteiger partial charge in [-0.3, -0.25) is 0 Å². The monoisotopic (exact) mass is 234 g/mol. The van der Waals surface area contributed by atoms with Crippen LogP contribution in [0.25, 0.3) is 0 Å². The fourth-order valence-corrected chi connectivity index (χ4v) is 1.35. The molecule has 4 heteroatoms. The third-order valence-electron chi connectivity index (χ3n) is 2.08. The van der Waals surface area contributed by atoms with Crippen molar-refractivity contribution in [3.8, 4) is 0 Å². The lowest BCUT2D eigenvalue weighted by molar-refractivity contribution is -0.220. The van der Waals surface area contributed by atoms with Crippen LogP contribution in [-0.2, 0) is 18.9 Å². The van der Waals surface area contributed by atoms with Crippen LogP contribution in [0.2, 0.25) is 0 Å². The van der Waals surface area contributed by atoms with Gasteiger partial charge in [0.2, 0.25) is 0 Å². The van der Waals surface area contributed by atoms with Gasteiger partial charge in [0, 0.05) is 20.1 Å². The maximum atomic E-state index is 5.77. The van der Waals surface area contributed by atoms with E-state index in [1.54, 1.807) is 14.2 Å². The molecule has 0 aliphatic heterocycles. The minimum absolute atomic E-state index is 0.0344. The molecule has 16 heavy (non-hydrogen) atoms. The van der Waals surface area contributed by atoms with Gasteiger partial charge in [0.1, 0.15) is 0 Å². The van der Waals surface area contributed by atoms with E-state index in [1.807, 2.05) is 13.8 Å². The molecule has 0 bridgehead atoms. The second-order valence-electron chi connectivity index (χ2n) is 4.42. The van der Waals surface area contributed by atoms with Crippen LogP contribution < -0.4 is 0 Å². The van der Waals surface area contributed by atoms with Gasteiger partial charge in [-0.05, 0) is 13.8 Å². The second-order valence-corrected chi connectivity index (χ2v) is 4.42. The summed E-state index contributed by atoms with van der Waals surface area (Å²) >= 11 is 0. The van der Waals surface area contributed by atoms with E-state index in [-0.39, 0.29) is 18.5 Å². The lowest BCUT2D eigenvalue weighted by Gasteiger charge is -2.28. The van der Waals surface area contributed by atoms with Crippen molar-refractivity contribution in [1.82, 2.24) is 0 Å². The normalized spacial score (nSPS) is 17.4. The molecule has 2 atom stereocenters. The second kappa shape index (κ2) is 8.93. The van der Waals surface area contributed by atoms with Crippen LogP contribution in [0.1, 0.15) is 27.7 Å². The van der Waals surface area contributed by atoms with Gasteiger partial charge in [-0.25, -0.2) is 0 Å². The van der Waals surface area contributed by atoms with Gasteiger partial charge in [0.05, 0.1) is 25.4 Å². The summed E-state index contributed by atoms with van der Waals surface area (Å²) in [4.78, 5) is 0. The lowest BCUT2D eigenvalue weighted by Crippen LogP contribution is -2.33. The molecule has 0 saturated carbocycles. The van der Waals surface area contributed by atoms with E-state index in [1.165, 1.54) is 0 Å². The van der Waals surface area contributed by atoms with Crippen LogP contribution in [0, 0.1) is 5.92 Å². The van der Waals surface area contributed by atoms with E-state index in [0.29, 0.717) is 19.1 Å². The van der Waals surface area contributed by atoms with Crippen LogP contribution in [0.3, 0.4) is 0 Å². The molecule has 2 unspecified atom stereocenters. The fraction of sp³-hybridized carbons (Fsp3) is 1.00. The summed E-state index contributed by atoms with van der Waals surface area (Å²) in [7, 11) is 3.33. The van der Waals surface area contributed by atoms with E-state index in [9.17, 15) is 0 Å². The van der Waals surface area contributed by atoms with Crippen molar-refractivity contribution in [3.05, 3.63) is 0 Å². The van der Waals surface area contributed by atoms with Crippen molar-refractivity contribution in [3.63, 3.8) is 0 Å². The van der Waals surface area contributed by atoms with Gasteiger partial charge in [-0.15, -0.1) is 0 Å². The summed E-state index contributed by atoms with van der Waals surface area (Å²) in [6, 6.07) is 0. The first-order valence-corrected chi connectivity index (χ1v) is 5.80. The van der Waals surface area contributed by atoms with E-state index in [4.69, 9.17) is 18.9 Å². The van der Waals surface area contributed by atoms with Crippen LogP contribution >= 0.6 is 0 Å². The Balaban J connectivity index is 4.06. The summed E-state index contributed by atoms with van der Waals surface area (Å²) in [5.41, 5.74) is 0. The standard InChI is InChI=1S/C12H26O4/c1-9(2)12(15-10(3)7-13-5)16-11(4)8-14-6/h9-12H,7-8H2,1-6H3. The predicted octanol–water partition coefficient (Wildman–Crippen LogP) is 2.07. The lowest BCUT2D eigenvalue weighted by atomic mass is 10.2. The summed E-state index contributed by atoms with van der Waals surface area (Å²) in [5, 5.41) is 0. The molecule has 4 nitrogen and oxygen atoms in total. The Labute approximate surface area is 99.2 Å². The van der Waals surface area contributed by atoms with Crippen molar-refractivity contribution in [1.29, 1.82) is 0 Å². The SMILES string of the molecule is COCC(C)OC(OC(C)COC)C(C)C. The summed E-state index contributed by atoms with van der Waals surface area (Å²) in [5.74, 6) is 0.304. The van der Waals surface area contributed by atoms with E-state index in [0.717, 1.165) is 0 Å². The van der Waals surface area contributed by atoms with E-state index in [2.05, 4.69) is 13.8 Å². The van der Waals surface area contributed by atoms with Crippen LogP contribution in [0.4, 0.5) is 0 Å². The van der Waals surface area contributed by atoms with Crippen molar-refractivity contribution >= 4 is 0 Å². The van der Waals surface area contributed by atoms with Gasteiger partial charge in [0.15, 0.2) is 6.29 Å². The van der Waals surface area contributed by atoms with Crippen LogP contribution in [0.5, 0.6) is 0 Å². The highest BCUT2D eigenvalue weighted by Gasteiger charge is 2.20. The van der Waals surface area contributed by atoms with Crippen molar-refractivity contribution in [2.75, 3.05) is 27.4 Å². The summed E-state index contributed by atoms with van der Waals surface area (Å²) in [6.45, 7) is 9.25. The highest BCUT2D eigenvalue weighted by Crippen LogP contribution is 2.13. The van der Waals surface area contributed by atoms with Gasteiger partial charge in [-0.1, -0.05) is 13.8 Å². The maximum absolute atomic E-state index is 5.77. The van der Waals surface area contributed by atoms with E-state index < -0.39 is 0 Å². The molecule has 0 amide bonds. The Morgan fingerprint density at radius 1 is 0.750 bits per heavy atom. The van der Waals surface area contributed by atoms with Crippen molar-refractivity contribution in [2.45, 2.75) is 46.2 Å². The molecule has 0 aromatic rings. The summed E-state index contributed by atoms with van der Waals surface area (Å²) in [6.07, 6.45) is -0.144. The quantitative estimate of drug-likeness (QED) is 0.572. The number of methoxy groups -OCH3 is 2. The first-order chi connectivity index (χ1) is 7.51. The molecular formula is C12H26O4. The zero-order chi connectivity index (χ0) is 12.6. The maximum Gasteiger partial charge on any atom is 0.160 e. The zero-order valence-corrected chi connectivity index (χ0v) is 11.4. The van der Waals surface area contributed by atoms with Gasteiger partial charge in [0.25, 0.3) is 0 Å². The third kappa shape index (κ3) is 7.17. The Bertz CT molecular complexity index is 147. The van der Waals surface area contributed by atoms with Crippen molar-refractivity contribution < 1.29 is 18.9 Å². The Morgan fingerprint density at radius 3 is 1.38 bits per heavy atom. The molecule has 0 aromatic heterocycles. The molecule has 0 aromatic carbocycles. The highest BCUT2D eigenvalue weighted by molar-refractivity contribution is 4.58. The van der Waals surface area contributed by atoms with E-state index >= 15 is 0 Å². The molecule has 0 heterocycles. The number of hydrogen-bond acceptors (Lipinski definition) is 4. The fourth-order valence-electron chi connectivity index (χ4n) is 1.35. The molecule has 0 N–H and O–H groups in total. The minimum Gasteiger partial charge on any atom is -0.382 e. The molecule has 98 valence electrons. The molecule has 0 radical (unpaired) electrons. The predicted molar refractivity (Wildman–Crippen MR) is 63.5 cm³/mol. The Kier molecular flexibility index (Phi) is 8.84. The number of rotatable bonds is 9. The zero-order valence-electron chi connectivity index (χ0n) is 11.4. The van der Waals surface area contributed by atoms with Gasteiger partial charge in [-0.2, -0.15) is 0 Å². The van der Waals surface area contributed by atoms with Crippen LogP contribution in [-0.4, -0.2) is 45.9 Å². The first kappa shape index (κ1) is 15.8. The molecule has 0 fully saturated rings.